The zero-order valence-corrected chi connectivity index (χ0v) is 11.7. The Bertz CT molecular complexity index is 738. The van der Waals surface area contributed by atoms with E-state index < -0.39 is 0 Å². The quantitative estimate of drug-likeness (QED) is 0.879. The first kappa shape index (κ1) is 13.2. The molecule has 0 radical (unpaired) electrons. The van der Waals surface area contributed by atoms with Crippen LogP contribution in [0.2, 0.25) is 0 Å². The molecule has 0 spiro atoms. The number of methoxy groups -OCH3 is 2. The van der Waals surface area contributed by atoms with Crippen molar-refractivity contribution in [1.29, 1.82) is 0 Å². The third-order valence-corrected chi connectivity index (χ3v) is 3.26. The van der Waals surface area contributed by atoms with Crippen LogP contribution in [0.15, 0.2) is 36.4 Å². The predicted octanol–water partition coefficient (Wildman–Crippen LogP) is 2.59. The fourth-order valence-corrected chi connectivity index (χ4v) is 2.21. The maximum Gasteiger partial charge on any atom is 0.256 e. The Morgan fingerprint density at radius 1 is 1.14 bits per heavy atom. The Labute approximate surface area is 122 Å². The number of nitrogens with one attached hydrogen (secondary N) is 1. The number of anilines is 1. The van der Waals surface area contributed by atoms with Crippen molar-refractivity contribution < 1.29 is 14.3 Å². The van der Waals surface area contributed by atoms with Gasteiger partial charge < -0.3 is 14.8 Å². The number of rotatable bonds is 3. The van der Waals surface area contributed by atoms with Crippen LogP contribution < -0.4 is 14.8 Å². The van der Waals surface area contributed by atoms with Gasteiger partial charge in [0.05, 0.1) is 25.5 Å². The van der Waals surface area contributed by atoms with Gasteiger partial charge in [0.1, 0.15) is 5.75 Å². The van der Waals surface area contributed by atoms with Crippen molar-refractivity contribution in [3.63, 3.8) is 0 Å². The SMILES string of the molecule is COc1ccc2c(c1)/C(=C\c1cccc(OC)n1)C(=O)N2. The molecule has 0 aliphatic carbocycles. The summed E-state index contributed by atoms with van der Waals surface area (Å²) in [6, 6.07) is 10.9. The summed E-state index contributed by atoms with van der Waals surface area (Å²) in [7, 11) is 3.15. The lowest BCUT2D eigenvalue weighted by molar-refractivity contribution is -0.110. The molecule has 0 saturated heterocycles. The fraction of sp³-hybridized carbons (Fsp3) is 0.125. The maximum atomic E-state index is 12.1. The van der Waals surface area contributed by atoms with Gasteiger partial charge in [0, 0.05) is 17.3 Å². The van der Waals surface area contributed by atoms with Gasteiger partial charge in [-0.1, -0.05) is 6.07 Å². The number of benzene rings is 1. The van der Waals surface area contributed by atoms with E-state index in [4.69, 9.17) is 9.47 Å². The van der Waals surface area contributed by atoms with Gasteiger partial charge in [-0.2, -0.15) is 0 Å². The van der Waals surface area contributed by atoms with Gasteiger partial charge in [0.25, 0.3) is 5.91 Å². The van der Waals surface area contributed by atoms with Crippen molar-refractivity contribution in [2.24, 2.45) is 0 Å². The van der Waals surface area contributed by atoms with E-state index in [2.05, 4.69) is 10.3 Å². The Hall–Kier alpha value is -2.82. The number of amides is 1. The molecule has 0 unspecified atom stereocenters. The summed E-state index contributed by atoms with van der Waals surface area (Å²) in [6.45, 7) is 0. The van der Waals surface area contributed by atoms with Crippen LogP contribution in [-0.4, -0.2) is 25.1 Å². The number of carbonyl (C=O) groups excluding carboxylic acids is 1. The van der Waals surface area contributed by atoms with E-state index in [-0.39, 0.29) is 5.91 Å². The monoisotopic (exact) mass is 282 g/mol. The Balaban J connectivity index is 2.06. The van der Waals surface area contributed by atoms with Crippen molar-refractivity contribution in [1.82, 2.24) is 4.98 Å². The van der Waals surface area contributed by atoms with Crippen LogP contribution in [0.25, 0.3) is 11.6 Å². The van der Waals surface area contributed by atoms with Gasteiger partial charge in [-0.3, -0.25) is 4.79 Å². The molecule has 0 saturated carbocycles. The predicted molar refractivity (Wildman–Crippen MR) is 80.3 cm³/mol. The minimum Gasteiger partial charge on any atom is -0.497 e. The molecular formula is C16H14N2O3. The average Bonchev–Trinajstić information content (AvgIpc) is 2.82. The van der Waals surface area contributed by atoms with E-state index in [1.165, 1.54) is 0 Å². The number of hydrogen-bond donors (Lipinski definition) is 1. The number of pyridine rings is 1. The van der Waals surface area contributed by atoms with Crippen molar-refractivity contribution in [2.45, 2.75) is 0 Å². The molecule has 1 aromatic heterocycles. The number of hydrogen-bond acceptors (Lipinski definition) is 4. The number of carbonyl (C=O) groups is 1. The molecule has 1 aromatic carbocycles. The largest absolute Gasteiger partial charge is 0.497 e. The number of ether oxygens (including phenoxy) is 2. The first-order valence-corrected chi connectivity index (χ1v) is 6.44. The minimum atomic E-state index is -0.150. The molecule has 21 heavy (non-hydrogen) atoms. The van der Waals surface area contributed by atoms with Gasteiger partial charge in [0.2, 0.25) is 5.88 Å². The molecule has 2 aromatic rings. The smallest absolute Gasteiger partial charge is 0.256 e. The average molecular weight is 282 g/mol. The van der Waals surface area contributed by atoms with Crippen LogP contribution >= 0.6 is 0 Å². The minimum absolute atomic E-state index is 0.150. The Morgan fingerprint density at radius 3 is 2.76 bits per heavy atom. The third kappa shape index (κ3) is 2.45. The van der Waals surface area contributed by atoms with Crippen LogP contribution in [-0.2, 0) is 4.79 Å². The molecule has 1 amide bonds. The summed E-state index contributed by atoms with van der Waals surface area (Å²) < 4.78 is 10.3. The highest BCUT2D eigenvalue weighted by Crippen LogP contribution is 2.35. The molecule has 0 bridgehead atoms. The fourth-order valence-electron chi connectivity index (χ4n) is 2.21. The van der Waals surface area contributed by atoms with Crippen molar-refractivity contribution in [2.75, 3.05) is 19.5 Å². The second kappa shape index (κ2) is 5.28. The van der Waals surface area contributed by atoms with E-state index in [1.807, 2.05) is 30.3 Å². The summed E-state index contributed by atoms with van der Waals surface area (Å²) in [5, 5.41) is 2.83. The molecule has 1 N–H and O–H groups in total. The summed E-state index contributed by atoms with van der Waals surface area (Å²) in [4.78, 5) is 16.4. The van der Waals surface area contributed by atoms with E-state index >= 15 is 0 Å². The van der Waals surface area contributed by atoms with E-state index in [0.717, 1.165) is 11.3 Å². The van der Waals surface area contributed by atoms with Crippen molar-refractivity contribution >= 4 is 23.2 Å². The van der Waals surface area contributed by atoms with Crippen LogP contribution in [0.4, 0.5) is 5.69 Å². The number of fused-ring (bicyclic) bond motifs is 1. The Kier molecular flexibility index (Phi) is 3.31. The molecule has 2 heterocycles. The first-order valence-electron chi connectivity index (χ1n) is 6.44. The van der Waals surface area contributed by atoms with Gasteiger partial charge in [0.15, 0.2) is 0 Å². The van der Waals surface area contributed by atoms with Gasteiger partial charge >= 0.3 is 0 Å². The third-order valence-electron chi connectivity index (χ3n) is 3.26. The molecule has 5 nitrogen and oxygen atoms in total. The standard InChI is InChI=1S/C16H14N2O3/c1-20-11-6-7-14-12(9-11)13(16(19)18-14)8-10-4-3-5-15(17-10)21-2/h3-9H,1-2H3,(H,18,19)/b13-8+. The van der Waals surface area contributed by atoms with Gasteiger partial charge in [-0.25, -0.2) is 4.98 Å². The highest BCUT2D eigenvalue weighted by molar-refractivity contribution is 6.34. The lowest BCUT2D eigenvalue weighted by Crippen LogP contribution is -2.03. The van der Waals surface area contributed by atoms with Crippen LogP contribution in [0.3, 0.4) is 0 Å². The van der Waals surface area contributed by atoms with Crippen molar-refractivity contribution in [3.05, 3.63) is 47.7 Å². The summed E-state index contributed by atoms with van der Waals surface area (Å²) >= 11 is 0. The zero-order valence-electron chi connectivity index (χ0n) is 11.7. The second-order valence-electron chi connectivity index (χ2n) is 4.53. The molecule has 106 valence electrons. The molecular weight excluding hydrogens is 268 g/mol. The van der Waals surface area contributed by atoms with E-state index in [1.54, 1.807) is 26.4 Å². The maximum absolute atomic E-state index is 12.1. The number of nitrogens with zero attached hydrogens (tertiary/aromatic N) is 1. The summed E-state index contributed by atoms with van der Waals surface area (Å²) in [5.74, 6) is 1.06. The summed E-state index contributed by atoms with van der Waals surface area (Å²) in [5.41, 5.74) is 2.80. The normalized spacial score (nSPS) is 14.8. The number of aromatic nitrogens is 1. The molecule has 1 aliphatic rings. The van der Waals surface area contributed by atoms with Crippen molar-refractivity contribution in [3.8, 4) is 11.6 Å². The van der Waals surface area contributed by atoms with Crippen LogP contribution in [0.1, 0.15) is 11.3 Å². The highest BCUT2D eigenvalue weighted by Gasteiger charge is 2.24. The second-order valence-corrected chi connectivity index (χ2v) is 4.53. The molecule has 0 fully saturated rings. The lowest BCUT2D eigenvalue weighted by Gasteiger charge is -2.03. The molecule has 5 heteroatoms. The van der Waals surface area contributed by atoms with E-state index in [0.29, 0.717) is 22.9 Å². The Morgan fingerprint density at radius 2 is 2.00 bits per heavy atom. The molecule has 3 rings (SSSR count). The highest BCUT2D eigenvalue weighted by atomic mass is 16.5. The first-order chi connectivity index (χ1) is 10.2. The molecule has 1 aliphatic heterocycles. The topological polar surface area (TPSA) is 60.5 Å². The van der Waals surface area contributed by atoms with E-state index in [9.17, 15) is 4.79 Å². The molecule has 0 atom stereocenters. The lowest BCUT2D eigenvalue weighted by atomic mass is 10.1. The summed E-state index contributed by atoms with van der Waals surface area (Å²) in [6.07, 6.45) is 1.74. The van der Waals surface area contributed by atoms with Gasteiger partial charge in [-0.05, 0) is 30.3 Å². The van der Waals surface area contributed by atoms with Crippen LogP contribution in [0.5, 0.6) is 11.6 Å². The van der Waals surface area contributed by atoms with Gasteiger partial charge in [-0.15, -0.1) is 0 Å². The zero-order chi connectivity index (χ0) is 14.8. The van der Waals surface area contributed by atoms with Crippen LogP contribution in [0, 0.1) is 0 Å².